The molecule has 12 heavy (non-hydrogen) atoms. The topological polar surface area (TPSA) is 3.24 Å². The second-order valence-electron chi connectivity index (χ2n) is 4.18. The van der Waals surface area contributed by atoms with E-state index in [9.17, 15) is 0 Å². The van der Waals surface area contributed by atoms with Gasteiger partial charge in [0.05, 0.1) is 0 Å². The maximum Gasteiger partial charge on any atom is 0.00999 e. The first kappa shape index (κ1) is 10.4. The van der Waals surface area contributed by atoms with E-state index in [1.807, 2.05) is 11.8 Å². The SMILES string of the molecule is CSC1CC(N(C)C)CCC1C. The van der Waals surface area contributed by atoms with Gasteiger partial charge in [0.2, 0.25) is 0 Å². The molecule has 0 amide bonds. The van der Waals surface area contributed by atoms with Gasteiger partial charge in [-0.25, -0.2) is 0 Å². The summed E-state index contributed by atoms with van der Waals surface area (Å²) in [5.41, 5.74) is 0. The minimum absolute atomic E-state index is 0.832. The second kappa shape index (κ2) is 4.52. The van der Waals surface area contributed by atoms with Gasteiger partial charge in [-0.05, 0) is 45.5 Å². The van der Waals surface area contributed by atoms with Crippen LogP contribution < -0.4 is 0 Å². The highest BCUT2D eigenvalue weighted by molar-refractivity contribution is 7.99. The lowest BCUT2D eigenvalue weighted by Crippen LogP contribution is -2.37. The highest BCUT2D eigenvalue weighted by Gasteiger charge is 2.27. The molecule has 0 heterocycles. The first-order valence-electron chi connectivity index (χ1n) is 4.84. The predicted octanol–water partition coefficient (Wildman–Crippen LogP) is 2.47. The van der Waals surface area contributed by atoms with Crippen LogP contribution in [0, 0.1) is 5.92 Å². The molecule has 0 bridgehead atoms. The third-order valence-corrected chi connectivity index (χ3v) is 4.39. The minimum atomic E-state index is 0.832. The summed E-state index contributed by atoms with van der Waals surface area (Å²) in [7, 11) is 4.41. The Kier molecular flexibility index (Phi) is 3.91. The molecule has 1 saturated carbocycles. The van der Waals surface area contributed by atoms with Crippen molar-refractivity contribution in [3.8, 4) is 0 Å². The van der Waals surface area contributed by atoms with Gasteiger partial charge >= 0.3 is 0 Å². The fourth-order valence-electron chi connectivity index (χ4n) is 2.06. The maximum atomic E-state index is 2.40. The lowest BCUT2D eigenvalue weighted by molar-refractivity contribution is 0.206. The fraction of sp³-hybridized carbons (Fsp3) is 1.00. The molecule has 72 valence electrons. The number of thioether (sulfide) groups is 1. The molecule has 1 aliphatic rings. The fourth-order valence-corrected chi connectivity index (χ4v) is 3.07. The van der Waals surface area contributed by atoms with Gasteiger partial charge in [0.15, 0.2) is 0 Å². The van der Waals surface area contributed by atoms with Crippen LogP contribution in [0.1, 0.15) is 26.2 Å². The molecule has 0 radical (unpaired) electrons. The van der Waals surface area contributed by atoms with E-state index in [1.165, 1.54) is 19.3 Å². The van der Waals surface area contributed by atoms with E-state index >= 15 is 0 Å². The summed E-state index contributed by atoms with van der Waals surface area (Å²) in [6.45, 7) is 2.40. The van der Waals surface area contributed by atoms with Crippen molar-refractivity contribution in [1.82, 2.24) is 4.90 Å². The van der Waals surface area contributed by atoms with Crippen LogP contribution in [0.2, 0.25) is 0 Å². The van der Waals surface area contributed by atoms with Crippen LogP contribution >= 0.6 is 11.8 Å². The van der Waals surface area contributed by atoms with Gasteiger partial charge in [0.1, 0.15) is 0 Å². The van der Waals surface area contributed by atoms with Crippen molar-refractivity contribution >= 4 is 11.8 Å². The van der Waals surface area contributed by atoms with E-state index in [-0.39, 0.29) is 0 Å². The Balaban J connectivity index is 2.44. The van der Waals surface area contributed by atoms with Gasteiger partial charge in [-0.1, -0.05) is 6.92 Å². The van der Waals surface area contributed by atoms with Crippen molar-refractivity contribution in [2.75, 3.05) is 20.4 Å². The van der Waals surface area contributed by atoms with Gasteiger partial charge in [0, 0.05) is 11.3 Å². The summed E-state index contributed by atoms with van der Waals surface area (Å²) >= 11 is 2.05. The van der Waals surface area contributed by atoms with E-state index in [0.29, 0.717) is 0 Å². The lowest BCUT2D eigenvalue weighted by Gasteiger charge is -2.36. The van der Waals surface area contributed by atoms with Gasteiger partial charge < -0.3 is 4.90 Å². The summed E-state index contributed by atoms with van der Waals surface area (Å²) in [5.74, 6) is 0.927. The molecule has 1 rings (SSSR count). The largest absolute Gasteiger partial charge is 0.306 e. The van der Waals surface area contributed by atoms with Crippen LogP contribution in [0.15, 0.2) is 0 Å². The molecule has 3 atom stereocenters. The van der Waals surface area contributed by atoms with E-state index in [1.54, 1.807) is 0 Å². The van der Waals surface area contributed by atoms with Crippen LogP contribution in [-0.4, -0.2) is 36.5 Å². The van der Waals surface area contributed by atoms with Crippen LogP contribution in [-0.2, 0) is 0 Å². The molecule has 0 aromatic heterocycles. The van der Waals surface area contributed by atoms with Crippen molar-refractivity contribution < 1.29 is 0 Å². The van der Waals surface area contributed by atoms with Crippen molar-refractivity contribution in [3.63, 3.8) is 0 Å². The van der Waals surface area contributed by atoms with E-state index < -0.39 is 0 Å². The summed E-state index contributed by atoms with van der Waals surface area (Å²) in [4.78, 5) is 2.38. The molecule has 3 unspecified atom stereocenters. The molecule has 0 aromatic carbocycles. The molecule has 1 aliphatic carbocycles. The predicted molar refractivity (Wildman–Crippen MR) is 57.8 cm³/mol. The molecule has 0 aromatic rings. The lowest BCUT2D eigenvalue weighted by atomic mass is 9.86. The number of hydrogen-bond acceptors (Lipinski definition) is 2. The van der Waals surface area contributed by atoms with E-state index in [0.717, 1.165) is 17.2 Å². The molecule has 2 heteroatoms. The molecule has 1 nitrogen and oxygen atoms in total. The van der Waals surface area contributed by atoms with Crippen LogP contribution in [0.25, 0.3) is 0 Å². The first-order chi connectivity index (χ1) is 5.65. The zero-order valence-corrected chi connectivity index (χ0v) is 9.53. The summed E-state index contributed by atoms with van der Waals surface area (Å²) in [6.07, 6.45) is 6.44. The van der Waals surface area contributed by atoms with Gasteiger partial charge in [0.25, 0.3) is 0 Å². The Morgan fingerprint density at radius 2 is 1.92 bits per heavy atom. The third kappa shape index (κ3) is 2.40. The number of rotatable bonds is 2. The van der Waals surface area contributed by atoms with Crippen molar-refractivity contribution in [1.29, 1.82) is 0 Å². The first-order valence-corrected chi connectivity index (χ1v) is 6.13. The Bertz CT molecular complexity index is 136. The molecule has 0 aliphatic heterocycles. The number of nitrogens with zero attached hydrogens (tertiary/aromatic N) is 1. The van der Waals surface area contributed by atoms with Gasteiger partial charge in [-0.2, -0.15) is 11.8 Å². The molecule has 0 spiro atoms. The Morgan fingerprint density at radius 3 is 2.42 bits per heavy atom. The second-order valence-corrected chi connectivity index (χ2v) is 5.26. The molecule has 0 saturated heterocycles. The quantitative estimate of drug-likeness (QED) is 0.653. The number of hydrogen-bond donors (Lipinski definition) is 0. The molecule has 0 N–H and O–H groups in total. The Hall–Kier alpha value is 0.310. The Morgan fingerprint density at radius 1 is 1.25 bits per heavy atom. The Labute approximate surface area is 80.9 Å². The average Bonchev–Trinajstić information content (AvgIpc) is 2.05. The third-order valence-electron chi connectivity index (χ3n) is 3.13. The molecular weight excluding hydrogens is 166 g/mol. The smallest absolute Gasteiger partial charge is 0.00999 e. The summed E-state index contributed by atoms with van der Waals surface area (Å²) in [5, 5.41) is 0.895. The van der Waals surface area contributed by atoms with Gasteiger partial charge in [-0.3, -0.25) is 0 Å². The van der Waals surface area contributed by atoms with Crippen molar-refractivity contribution in [2.24, 2.45) is 5.92 Å². The highest BCUT2D eigenvalue weighted by Crippen LogP contribution is 2.33. The average molecular weight is 187 g/mol. The standard InChI is InChI=1S/C10H21NS/c1-8-5-6-9(11(2)3)7-10(8)12-4/h8-10H,5-7H2,1-4H3. The monoisotopic (exact) mass is 187 g/mol. The summed E-state index contributed by atoms with van der Waals surface area (Å²) < 4.78 is 0. The van der Waals surface area contributed by atoms with E-state index in [4.69, 9.17) is 0 Å². The molecular formula is C10H21NS. The van der Waals surface area contributed by atoms with Crippen molar-refractivity contribution in [2.45, 2.75) is 37.5 Å². The normalized spacial score (nSPS) is 37.2. The highest BCUT2D eigenvalue weighted by atomic mass is 32.2. The zero-order chi connectivity index (χ0) is 9.14. The molecule has 1 fully saturated rings. The van der Waals surface area contributed by atoms with Crippen LogP contribution in [0.4, 0.5) is 0 Å². The van der Waals surface area contributed by atoms with Crippen LogP contribution in [0.3, 0.4) is 0 Å². The van der Waals surface area contributed by atoms with Crippen molar-refractivity contribution in [3.05, 3.63) is 0 Å². The zero-order valence-electron chi connectivity index (χ0n) is 8.71. The maximum absolute atomic E-state index is 2.40. The van der Waals surface area contributed by atoms with Gasteiger partial charge in [-0.15, -0.1) is 0 Å². The minimum Gasteiger partial charge on any atom is -0.306 e. The van der Waals surface area contributed by atoms with Crippen LogP contribution in [0.5, 0.6) is 0 Å². The van der Waals surface area contributed by atoms with E-state index in [2.05, 4.69) is 32.2 Å². The summed E-state index contributed by atoms with van der Waals surface area (Å²) in [6, 6.07) is 0.832.